The number of hydrogen-bond donors (Lipinski definition) is 0. The molecule has 0 N–H and O–H groups in total. The van der Waals surface area contributed by atoms with Gasteiger partial charge in [0, 0.05) is 0 Å². The van der Waals surface area contributed by atoms with Gasteiger partial charge < -0.3 is 4.74 Å². The van der Waals surface area contributed by atoms with E-state index in [0.29, 0.717) is 5.57 Å². The summed E-state index contributed by atoms with van der Waals surface area (Å²) in [6.45, 7) is 7.94. The van der Waals surface area contributed by atoms with E-state index >= 15 is 0 Å². The lowest BCUT2D eigenvalue weighted by atomic mass is 9.85. The fourth-order valence-electron chi connectivity index (χ4n) is 3.95. The summed E-state index contributed by atoms with van der Waals surface area (Å²) in [6.07, 6.45) is 0.944. The second-order valence-electron chi connectivity index (χ2n) is 6.82. The van der Waals surface area contributed by atoms with E-state index in [2.05, 4.69) is 6.58 Å². The Labute approximate surface area is 147 Å². The summed E-state index contributed by atoms with van der Waals surface area (Å²) in [4.78, 5) is 39.2. The predicted octanol–water partition coefficient (Wildman–Crippen LogP) is 3.51. The summed E-state index contributed by atoms with van der Waals surface area (Å²) in [5.74, 6) is -1.68. The standard InChI is InChI=1S/C20H23NO4/c1-4-8-15-12(2)13(3)18(22)17(15)19(23)21-16(11-25-20(21)24)14-9-6-5-7-10-14/h5-7,9-10,12,15-17H,3-4,8,11H2,1-2H3/t12?,15?,16-,17?/m1/s1. The maximum Gasteiger partial charge on any atom is 0.417 e. The van der Waals surface area contributed by atoms with Crippen molar-refractivity contribution in [3.8, 4) is 0 Å². The van der Waals surface area contributed by atoms with Crippen molar-refractivity contribution in [1.29, 1.82) is 0 Å². The average molecular weight is 341 g/mol. The van der Waals surface area contributed by atoms with Crippen LogP contribution in [0.3, 0.4) is 0 Å². The molecule has 2 aliphatic rings. The lowest BCUT2D eigenvalue weighted by Crippen LogP contribution is -2.42. The van der Waals surface area contributed by atoms with Gasteiger partial charge in [-0.05, 0) is 29.4 Å². The molecule has 3 unspecified atom stereocenters. The smallest absolute Gasteiger partial charge is 0.417 e. The van der Waals surface area contributed by atoms with Crippen LogP contribution >= 0.6 is 0 Å². The first-order valence-electron chi connectivity index (χ1n) is 8.75. The molecule has 5 nitrogen and oxygen atoms in total. The Morgan fingerprint density at radius 1 is 1.28 bits per heavy atom. The topological polar surface area (TPSA) is 63.7 Å². The van der Waals surface area contributed by atoms with E-state index in [4.69, 9.17) is 4.74 Å². The first-order valence-corrected chi connectivity index (χ1v) is 8.75. The lowest BCUT2D eigenvalue weighted by Gasteiger charge is -2.26. The number of carbonyl (C=O) groups is 3. The number of ketones is 1. The molecule has 132 valence electrons. The van der Waals surface area contributed by atoms with Gasteiger partial charge in [-0.1, -0.05) is 57.2 Å². The van der Waals surface area contributed by atoms with Crippen molar-refractivity contribution in [2.75, 3.05) is 6.61 Å². The maximum atomic E-state index is 13.2. The molecule has 1 heterocycles. The van der Waals surface area contributed by atoms with Gasteiger partial charge in [0.15, 0.2) is 5.78 Å². The number of nitrogens with zero attached hydrogens (tertiary/aromatic N) is 1. The van der Waals surface area contributed by atoms with Crippen molar-refractivity contribution in [1.82, 2.24) is 4.90 Å². The maximum absolute atomic E-state index is 13.2. The second kappa shape index (κ2) is 6.82. The number of cyclic esters (lactones) is 1. The quantitative estimate of drug-likeness (QED) is 0.621. The van der Waals surface area contributed by atoms with E-state index in [1.807, 2.05) is 44.2 Å². The summed E-state index contributed by atoms with van der Waals surface area (Å²) in [5.41, 5.74) is 1.31. The first kappa shape index (κ1) is 17.4. The number of carbonyl (C=O) groups excluding carboxylic acids is 3. The molecular weight excluding hydrogens is 318 g/mol. The Kier molecular flexibility index (Phi) is 4.75. The zero-order valence-electron chi connectivity index (χ0n) is 14.6. The van der Waals surface area contributed by atoms with Crippen molar-refractivity contribution < 1.29 is 19.1 Å². The highest BCUT2D eigenvalue weighted by Gasteiger charge is 2.51. The fraction of sp³-hybridized carbons (Fsp3) is 0.450. The third-order valence-corrected chi connectivity index (χ3v) is 5.40. The molecule has 1 aliphatic carbocycles. The van der Waals surface area contributed by atoms with Gasteiger partial charge >= 0.3 is 6.09 Å². The van der Waals surface area contributed by atoms with Gasteiger partial charge in [-0.25, -0.2) is 9.69 Å². The molecular formula is C20H23NO4. The number of imide groups is 1. The minimum absolute atomic E-state index is 0.0461. The third-order valence-electron chi connectivity index (χ3n) is 5.40. The fourth-order valence-corrected chi connectivity index (χ4v) is 3.95. The number of rotatable bonds is 4. The molecule has 0 bridgehead atoms. The van der Waals surface area contributed by atoms with Crippen molar-refractivity contribution in [3.05, 3.63) is 48.0 Å². The Hall–Kier alpha value is -2.43. The number of amides is 2. The Morgan fingerprint density at radius 3 is 2.60 bits per heavy atom. The van der Waals surface area contributed by atoms with Gasteiger partial charge in [-0.3, -0.25) is 9.59 Å². The third kappa shape index (κ3) is 2.88. The molecule has 1 saturated carbocycles. The summed E-state index contributed by atoms with van der Waals surface area (Å²) in [7, 11) is 0. The SMILES string of the molecule is C=C1C(=O)C(C(=O)N2C(=O)OC[C@@H]2c2ccccc2)C(CCC)C1C. The molecule has 2 fully saturated rings. The van der Waals surface area contributed by atoms with E-state index in [1.165, 1.54) is 0 Å². The van der Waals surface area contributed by atoms with Gasteiger partial charge in [-0.15, -0.1) is 0 Å². The van der Waals surface area contributed by atoms with Crippen LogP contribution in [0, 0.1) is 17.8 Å². The molecule has 5 heteroatoms. The highest BCUT2D eigenvalue weighted by Crippen LogP contribution is 2.43. The van der Waals surface area contributed by atoms with Gasteiger partial charge in [0.25, 0.3) is 0 Å². The molecule has 25 heavy (non-hydrogen) atoms. The Bertz CT molecular complexity index is 712. The summed E-state index contributed by atoms with van der Waals surface area (Å²) < 4.78 is 5.13. The first-order chi connectivity index (χ1) is 12.0. The van der Waals surface area contributed by atoms with Crippen molar-refractivity contribution in [2.24, 2.45) is 17.8 Å². The summed E-state index contributed by atoms with van der Waals surface area (Å²) >= 11 is 0. The molecule has 0 aromatic heterocycles. The van der Waals surface area contributed by atoms with Crippen LogP contribution in [0.25, 0.3) is 0 Å². The van der Waals surface area contributed by atoms with Gasteiger partial charge in [0.2, 0.25) is 5.91 Å². The highest BCUT2D eigenvalue weighted by molar-refractivity contribution is 6.14. The van der Waals surface area contributed by atoms with E-state index in [1.54, 1.807) is 0 Å². The van der Waals surface area contributed by atoms with Crippen LogP contribution in [0.15, 0.2) is 42.5 Å². The molecule has 0 spiro atoms. The number of hydrogen-bond acceptors (Lipinski definition) is 4. The molecule has 1 aromatic rings. The van der Waals surface area contributed by atoms with Gasteiger partial charge in [0.05, 0.1) is 0 Å². The van der Waals surface area contributed by atoms with Crippen LogP contribution in [0.5, 0.6) is 0 Å². The van der Waals surface area contributed by atoms with Crippen LogP contribution < -0.4 is 0 Å². The predicted molar refractivity (Wildman–Crippen MR) is 92.6 cm³/mol. The second-order valence-corrected chi connectivity index (χ2v) is 6.82. The average Bonchev–Trinajstić information content (AvgIpc) is 3.10. The molecule has 1 aliphatic heterocycles. The normalized spacial score (nSPS) is 29.2. The lowest BCUT2D eigenvalue weighted by molar-refractivity contribution is -0.139. The molecule has 3 rings (SSSR count). The number of ether oxygens (including phenoxy) is 1. The summed E-state index contributed by atoms with van der Waals surface area (Å²) in [5, 5.41) is 0. The Morgan fingerprint density at radius 2 is 1.96 bits per heavy atom. The van der Waals surface area contributed by atoms with Gasteiger partial charge in [0.1, 0.15) is 18.6 Å². The number of benzene rings is 1. The van der Waals surface area contributed by atoms with Crippen LogP contribution in [-0.2, 0) is 14.3 Å². The zero-order chi connectivity index (χ0) is 18.1. The summed E-state index contributed by atoms with van der Waals surface area (Å²) in [6, 6.07) is 8.80. The van der Waals surface area contributed by atoms with Crippen LogP contribution in [0.4, 0.5) is 4.79 Å². The number of allylic oxidation sites excluding steroid dienone is 1. The van der Waals surface area contributed by atoms with E-state index in [0.717, 1.165) is 23.3 Å². The van der Waals surface area contributed by atoms with E-state index in [-0.39, 0.29) is 24.2 Å². The largest absolute Gasteiger partial charge is 0.446 e. The van der Waals surface area contributed by atoms with Crippen molar-refractivity contribution in [2.45, 2.75) is 32.7 Å². The minimum atomic E-state index is -0.834. The van der Waals surface area contributed by atoms with E-state index in [9.17, 15) is 14.4 Å². The molecule has 0 radical (unpaired) electrons. The van der Waals surface area contributed by atoms with Crippen LogP contribution in [0.1, 0.15) is 38.3 Å². The monoisotopic (exact) mass is 341 g/mol. The van der Waals surface area contributed by atoms with Crippen LogP contribution in [0.2, 0.25) is 0 Å². The molecule has 4 atom stereocenters. The van der Waals surface area contributed by atoms with Crippen molar-refractivity contribution >= 4 is 17.8 Å². The van der Waals surface area contributed by atoms with E-state index < -0.39 is 24.0 Å². The molecule has 1 saturated heterocycles. The zero-order valence-corrected chi connectivity index (χ0v) is 14.6. The molecule has 2 amide bonds. The van der Waals surface area contributed by atoms with Crippen molar-refractivity contribution in [3.63, 3.8) is 0 Å². The number of Topliss-reactive ketones (excluding diaryl/α,β-unsaturated/α-hetero) is 1. The Balaban J connectivity index is 1.93. The highest BCUT2D eigenvalue weighted by atomic mass is 16.6. The van der Waals surface area contributed by atoms with Crippen LogP contribution in [-0.4, -0.2) is 29.3 Å². The van der Waals surface area contributed by atoms with Gasteiger partial charge in [-0.2, -0.15) is 0 Å². The molecule has 1 aromatic carbocycles. The minimum Gasteiger partial charge on any atom is -0.446 e.